The molecule has 0 atom stereocenters. The van der Waals surface area contributed by atoms with Gasteiger partial charge in [-0.2, -0.15) is 0 Å². The molecule has 1 N–H and O–H groups in total. The highest BCUT2D eigenvalue weighted by Crippen LogP contribution is 2.27. The molecular weight excluding hydrogens is 373 g/mol. The summed E-state index contributed by atoms with van der Waals surface area (Å²) in [4.78, 5) is 9.56. The second-order valence-corrected chi connectivity index (χ2v) is 6.68. The average molecular weight is 395 g/mol. The molecule has 0 saturated carbocycles. The summed E-state index contributed by atoms with van der Waals surface area (Å²) in [7, 11) is 0. The quantitative estimate of drug-likeness (QED) is 0.747. The number of hydrogen-bond donors (Lipinski definition) is 1. The zero-order chi connectivity index (χ0) is 15.4. The van der Waals surface area contributed by atoms with E-state index in [0.29, 0.717) is 5.92 Å². The summed E-state index contributed by atoms with van der Waals surface area (Å²) < 4.78 is 1.14. The van der Waals surface area contributed by atoms with Crippen molar-refractivity contribution in [2.45, 2.75) is 34.1 Å². The molecule has 0 aliphatic carbocycles. The number of rotatable bonds is 5. The van der Waals surface area contributed by atoms with Gasteiger partial charge in [-0.15, -0.1) is 0 Å². The van der Waals surface area contributed by atoms with Crippen molar-refractivity contribution >= 4 is 28.4 Å². The van der Waals surface area contributed by atoms with E-state index in [1.54, 1.807) is 0 Å². The summed E-state index contributed by atoms with van der Waals surface area (Å²) in [6.07, 6.45) is 0.970. The second kappa shape index (κ2) is 7.20. The van der Waals surface area contributed by atoms with Crippen molar-refractivity contribution in [1.82, 2.24) is 9.97 Å². The molecule has 1 aromatic heterocycles. The third kappa shape index (κ3) is 3.93. The second-order valence-electron chi connectivity index (χ2n) is 5.60. The Morgan fingerprint density at radius 2 is 1.90 bits per heavy atom. The first-order valence-electron chi connectivity index (χ1n) is 7.39. The van der Waals surface area contributed by atoms with Crippen LogP contribution >= 0.6 is 22.6 Å². The van der Waals surface area contributed by atoms with Gasteiger partial charge >= 0.3 is 0 Å². The van der Waals surface area contributed by atoms with Gasteiger partial charge in [-0.05, 0) is 54.3 Å². The Balaban J connectivity index is 2.56. The Morgan fingerprint density at radius 3 is 2.52 bits per heavy atom. The van der Waals surface area contributed by atoms with Gasteiger partial charge in [0, 0.05) is 12.1 Å². The SMILES string of the molecule is CCNc1nc(-c2ccccc2C)nc(CC(C)C)c1I. The Morgan fingerprint density at radius 1 is 1.19 bits per heavy atom. The van der Waals surface area contributed by atoms with Crippen LogP contribution in [-0.2, 0) is 6.42 Å². The van der Waals surface area contributed by atoms with Crippen LogP contribution in [0.15, 0.2) is 24.3 Å². The zero-order valence-corrected chi connectivity index (χ0v) is 15.2. The van der Waals surface area contributed by atoms with E-state index in [-0.39, 0.29) is 0 Å². The van der Waals surface area contributed by atoms with Crippen LogP contribution in [0.1, 0.15) is 32.0 Å². The average Bonchev–Trinajstić information content (AvgIpc) is 2.43. The summed E-state index contributed by atoms with van der Waals surface area (Å²) in [6.45, 7) is 9.50. The summed E-state index contributed by atoms with van der Waals surface area (Å²) >= 11 is 2.35. The molecular formula is C17H22IN3. The molecule has 0 saturated heterocycles. The van der Waals surface area contributed by atoms with Gasteiger partial charge in [-0.3, -0.25) is 0 Å². The van der Waals surface area contributed by atoms with Gasteiger partial charge in [-0.25, -0.2) is 9.97 Å². The highest BCUT2D eigenvalue weighted by atomic mass is 127. The fourth-order valence-electron chi connectivity index (χ4n) is 2.24. The normalized spacial score (nSPS) is 11.0. The Kier molecular flexibility index (Phi) is 5.56. The fraction of sp³-hybridized carbons (Fsp3) is 0.412. The first-order valence-corrected chi connectivity index (χ1v) is 8.47. The number of anilines is 1. The molecule has 4 heteroatoms. The van der Waals surface area contributed by atoms with Gasteiger partial charge < -0.3 is 5.32 Å². The van der Waals surface area contributed by atoms with Gasteiger partial charge in [0.2, 0.25) is 0 Å². The maximum Gasteiger partial charge on any atom is 0.162 e. The zero-order valence-electron chi connectivity index (χ0n) is 13.1. The van der Waals surface area contributed by atoms with Crippen molar-refractivity contribution in [3.8, 4) is 11.4 Å². The standard InChI is InChI=1S/C17H22IN3/c1-5-19-17-15(18)14(10-11(2)3)20-16(21-17)13-9-7-6-8-12(13)4/h6-9,11H,5,10H2,1-4H3,(H,19,20,21). The van der Waals surface area contributed by atoms with Crippen LogP contribution in [0.5, 0.6) is 0 Å². The highest BCUT2D eigenvalue weighted by molar-refractivity contribution is 14.1. The predicted molar refractivity (Wildman–Crippen MR) is 97.6 cm³/mol. The number of halogens is 1. The van der Waals surface area contributed by atoms with Crippen LogP contribution in [-0.4, -0.2) is 16.5 Å². The molecule has 0 unspecified atom stereocenters. The molecule has 3 nitrogen and oxygen atoms in total. The minimum absolute atomic E-state index is 0.576. The van der Waals surface area contributed by atoms with Gasteiger partial charge in [0.1, 0.15) is 5.82 Å². The first-order chi connectivity index (χ1) is 10.0. The molecule has 0 aliphatic rings. The summed E-state index contributed by atoms with van der Waals surface area (Å²) in [5.41, 5.74) is 3.45. The molecule has 112 valence electrons. The van der Waals surface area contributed by atoms with Gasteiger partial charge in [0.25, 0.3) is 0 Å². The van der Waals surface area contributed by atoms with Crippen molar-refractivity contribution in [3.05, 3.63) is 39.1 Å². The van der Waals surface area contributed by atoms with Crippen molar-refractivity contribution < 1.29 is 0 Å². The maximum atomic E-state index is 4.83. The minimum atomic E-state index is 0.576. The van der Waals surface area contributed by atoms with Crippen molar-refractivity contribution in [2.24, 2.45) is 5.92 Å². The van der Waals surface area contributed by atoms with Crippen LogP contribution in [0, 0.1) is 16.4 Å². The molecule has 0 aliphatic heterocycles. The molecule has 0 fully saturated rings. The summed E-state index contributed by atoms with van der Waals surface area (Å²) in [5, 5.41) is 3.36. The highest BCUT2D eigenvalue weighted by Gasteiger charge is 2.15. The molecule has 1 heterocycles. The lowest BCUT2D eigenvalue weighted by atomic mass is 10.1. The van der Waals surface area contributed by atoms with E-state index in [2.05, 4.69) is 67.7 Å². The molecule has 1 aromatic carbocycles. The smallest absolute Gasteiger partial charge is 0.162 e. The van der Waals surface area contributed by atoms with Crippen molar-refractivity contribution in [3.63, 3.8) is 0 Å². The topological polar surface area (TPSA) is 37.8 Å². The number of aromatic nitrogens is 2. The summed E-state index contributed by atoms with van der Waals surface area (Å²) in [6, 6.07) is 8.28. The van der Waals surface area contributed by atoms with E-state index in [1.807, 2.05) is 12.1 Å². The number of nitrogens with zero attached hydrogens (tertiary/aromatic N) is 2. The molecule has 0 spiro atoms. The van der Waals surface area contributed by atoms with E-state index in [1.165, 1.54) is 5.56 Å². The molecule has 0 bridgehead atoms. The minimum Gasteiger partial charge on any atom is -0.369 e. The molecule has 0 amide bonds. The van der Waals surface area contributed by atoms with E-state index in [0.717, 1.165) is 39.4 Å². The van der Waals surface area contributed by atoms with E-state index >= 15 is 0 Å². The van der Waals surface area contributed by atoms with Gasteiger partial charge in [0.15, 0.2) is 5.82 Å². The Bertz CT molecular complexity index is 623. The number of nitrogens with one attached hydrogen (secondary N) is 1. The van der Waals surface area contributed by atoms with Crippen LogP contribution in [0.25, 0.3) is 11.4 Å². The monoisotopic (exact) mass is 395 g/mol. The third-order valence-electron chi connectivity index (χ3n) is 3.25. The van der Waals surface area contributed by atoms with E-state index in [9.17, 15) is 0 Å². The van der Waals surface area contributed by atoms with Crippen LogP contribution in [0.2, 0.25) is 0 Å². The van der Waals surface area contributed by atoms with Crippen molar-refractivity contribution in [1.29, 1.82) is 0 Å². The number of aryl methyl sites for hydroxylation is 1. The van der Waals surface area contributed by atoms with Gasteiger partial charge in [-0.1, -0.05) is 38.1 Å². The predicted octanol–water partition coefficient (Wildman–Crippen LogP) is 4.69. The van der Waals surface area contributed by atoms with Crippen molar-refractivity contribution in [2.75, 3.05) is 11.9 Å². The van der Waals surface area contributed by atoms with Crippen LogP contribution < -0.4 is 5.32 Å². The maximum absolute atomic E-state index is 4.83. The molecule has 2 rings (SSSR count). The third-order valence-corrected chi connectivity index (χ3v) is 4.39. The largest absolute Gasteiger partial charge is 0.369 e. The lowest BCUT2D eigenvalue weighted by Crippen LogP contribution is -2.10. The lowest BCUT2D eigenvalue weighted by Gasteiger charge is -2.14. The number of benzene rings is 1. The molecule has 21 heavy (non-hydrogen) atoms. The van der Waals surface area contributed by atoms with E-state index < -0.39 is 0 Å². The Hall–Kier alpha value is -1.17. The molecule has 2 aromatic rings. The van der Waals surface area contributed by atoms with Crippen LogP contribution in [0.4, 0.5) is 5.82 Å². The Labute approximate surface area is 140 Å². The first kappa shape index (κ1) is 16.2. The molecule has 0 radical (unpaired) electrons. The summed E-state index contributed by atoms with van der Waals surface area (Å²) in [5.74, 6) is 2.34. The fourth-order valence-corrected chi connectivity index (χ4v) is 2.90. The van der Waals surface area contributed by atoms with Crippen LogP contribution in [0.3, 0.4) is 0 Å². The number of hydrogen-bond acceptors (Lipinski definition) is 3. The lowest BCUT2D eigenvalue weighted by molar-refractivity contribution is 0.632. The van der Waals surface area contributed by atoms with Gasteiger partial charge in [0.05, 0.1) is 9.26 Å². The van der Waals surface area contributed by atoms with E-state index in [4.69, 9.17) is 9.97 Å².